The van der Waals surface area contributed by atoms with Crippen LogP contribution in [0.15, 0.2) is 83.0 Å². The quantitative estimate of drug-likeness (QED) is 0.645. The van der Waals surface area contributed by atoms with Crippen LogP contribution >= 0.6 is 0 Å². The van der Waals surface area contributed by atoms with Crippen molar-refractivity contribution in [2.45, 2.75) is 39.5 Å². The van der Waals surface area contributed by atoms with Gasteiger partial charge in [0, 0.05) is 5.41 Å². The fourth-order valence-electron chi connectivity index (χ4n) is 3.69. The largest absolute Gasteiger partial charge is 0.0660 e. The molecule has 3 rings (SSSR count). The molecule has 0 N–H and O–H groups in total. The fourth-order valence-corrected chi connectivity index (χ4v) is 3.69. The lowest BCUT2D eigenvalue weighted by Gasteiger charge is -2.34. The zero-order valence-electron chi connectivity index (χ0n) is 14.0. The van der Waals surface area contributed by atoms with Crippen LogP contribution in [0.2, 0.25) is 0 Å². The van der Waals surface area contributed by atoms with Gasteiger partial charge in [-0.3, -0.25) is 0 Å². The molecule has 22 heavy (non-hydrogen) atoms. The summed E-state index contributed by atoms with van der Waals surface area (Å²) in [6.45, 7) is 9.18. The summed E-state index contributed by atoms with van der Waals surface area (Å²) in [5.41, 5.74) is 8.66. The number of allylic oxidation sites excluding steroid dienone is 4. The Kier molecular flexibility index (Phi) is 3.78. The average Bonchev–Trinajstić information content (AvgIpc) is 2.83. The van der Waals surface area contributed by atoms with E-state index in [-0.39, 0.29) is 5.41 Å². The second-order valence-electron chi connectivity index (χ2n) is 6.54. The minimum atomic E-state index is -0.0639. The molecule has 0 spiro atoms. The van der Waals surface area contributed by atoms with E-state index in [4.69, 9.17) is 0 Å². The monoisotopic (exact) mass is 288 g/mol. The molecule has 0 amide bonds. The van der Waals surface area contributed by atoms with Crippen LogP contribution in [0, 0.1) is 0 Å². The molecule has 0 bridgehead atoms. The summed E-state index contributed by atoms with van der Waals surface area (Å²) >= 11 is 0. The van der Waals surface area contributed by atoms with E-state index in [9.17, 15) is 0 Å². The summed E-state index contributed by atoms with van der Waals surface area (Å²) in [5.74, 6) is 0. The lowest BCUT2D eigenvalue weighted by molar-refractivity contribution is 0.652. The summed E-state index contributed by atoms with van der Waals surface area (Å²) in [6.07, 6.45) is 1.08. The third-order valence-electron chi connectivity index (χ3n) is 5.40. The minimum Gasteiger partial charge on any atom is -0.0660 e. The van der Waals surface area contributed by atoms with Crippen molar-refractivity contribution in [3.05, 3.63) is 94.1 Å². The fraction of sp³-hybridized carbons (Fsp3) is 0.273. The van der Waals surface area contributed by atoms with Gasteiger partial charge in [-0.25, -0.2) is 0 Å². The maximum absolute atomic E-state index is 2.38. The molecule has 0 radical (unpaired) electrons. The second kappa shape index (κ2) is 5.61. The number of hydrogen-bond donors (Lipinski definition) is 0. The molecule has 0 heteroatoms. The van der Waals surface area contributed by atoms with Crippen LogP contribution in [0.3, 0.4) is 0 Å². The normalized spacial score (nSPS) is 15.6. The van der Waals surface area contributed by atoms with Crippen LogP contribution in [0.1, 0.15) is 45.2 Å². The minimum absolute atomic E-state index is 0.0639. The number of hydrogen-bond acceptors (Lipinski definition) is 0. The molecule has 1 aliphatic carbocycles. The predicted molar refractivity (Wildman–Crippen MR) is 95.0 cm³/mol. The summed E-state index contributed by atoms with van der Waals surface area (Å²) in [4.78, 5) is 0. The van der Waals surface area contributed by atoms with E-state index in [1.807, 2.05) is 0 Å². The van der Waals surface area contributed by atoms with Crippen molar-refractivity contribution in [1.29, 1.82) is 0 Å². The van der Waals surface area contributed by atoms with Crippen molar-refractivity contribution in [2.24, 2.45) is 0 Å². The Morgan fingerprint density at radius 2 is 1.14 bits per heavy atom. The van der Waals surface area contributed by atoms with Crippen LogP contribution in [0.4, 0.5) is 0 Å². The highest BCUT2D eigenvalue weighted by Gasteiger charge is 2.36. The van der Waals surface area contributed by atoms with E-state index in [2.05, 4.69) is 88.4 Å². The predicted octanol–water partition coefficient (Wildman–Crippen LogP) is 6.05. The Morgan fingerprint density at radius 1 is 0.682 bits per heavy atom. The van der Waals surface area contributed by atoms with Gasteiger partial charge in [-0.2, -0.15) is 0 Å². The van der Waals surface area contributed by atoms with E-state index in [0.29, 0.717) is 0 Å². The lowest BCUT2D eigenvalue weighted by Crippen LogP contribution is -2.26. The summed E-state index contributed by atoms with van der Waals surface area (Å²) in [6, 6.07) is 21.8. The molecule has 0 saturated carbocycles. The van der Waals surface area contributed by atoms with Gasteiger partial charge in [0.1, 0.15) is 0 Å². The van der Waals surface area contributed by atoms with Crippen LogP contribution in [-0.2, 0) is 5.41 Å². The van der Waals surface area contributed by atoms with Crippen LogP contribution in [0.25, 0.3) is 0 Å². The molecular formula is C22H24. The van der Waals surface area contributed by atoms with Gasteiger partial charge in [0.25, 0.3) is 0 Å². The molecule has 0 nitrogen and oxygen atoms in total. The second-order valence-corrected chi connectivity index (χ2v) is 6.54. The molecule has 0 aliphatic heterocycles. The maximum Gasteiger partial charge on any atom is 0.0391 e. The zero-order valence-corrected chi connectivity index (χ0v) is 14.0. The molecule has 0 heterocycles. The van der Waals surface area contributed by atoms with E-state index < -0.39 is 0 Å². The van der Waals surface area contributed by atoms with E-state index in [1.165, 1.54) is 27.8 Å². The van der Waals surface area contributed by atoms with Gasteiger partial charge in [-0.15, -0.1) is 0 Å². The Labute approximate surface area is 134 Å². The standard InChI is InChI=1S/C22H24/c1-16-15-21(18(3)17(16)2)22(4,19-11-7-5-8-12-19)20-13-9-6-10-14-20/h5-14H,15H2,1-4H3. The first-order valence-electron chi connectivity index (χ1n) is 8.03. The van der Waals surface area contributed by atoms with E-state index in [0.717, 1.165) is 6.42 Å². The summed E-state index contributed by atoms with van der Waals surface area (Å²) in [5, 5.41) is 0. The van der Waals surface area contributed by atoms with Gasteiger partial charge >= 0.3 is 0 Å². The lowest BCUT2D eigenvalue weighted by atomic mass is 9.69. The number of benzene rings is 2. The average molecular weight is 288 g/mol. The molecule has 0 unspecified atom stereocenters. The first-order chi connectivity index (χ1) is 10.5. The molecule has 0 saturated heterocycles. The van der Waals surface area contributed by atoms with Crippen molar-refractivity contribution in [3.63, 3.8) is 0 Å². The Balaban J connectivity index is 2.23. The highest BCUT2D eigenvalue weighted by Crippen LogP contribution is 2.47. The molecule has 0 atom stereocenters. The van der Waals surface area contributed by atoms with Crippen molar-refractivity contribution >= 4 is 0 Å². The molecule has 112 valence electrons. The van der Waals surface area contributed by atoms with Crippen LogP contribution in [0.5, 0.6) is 0 Å². The van der Waals surface area contributed by atoms with Crippen LogP contribution < -0.4 is 0 Å². The van der Waals surface area contributed by atoms with Gasteiger partial charge in [-0.1, -0.05) is 66.2 Å². The molecule has 0 aromatic heterocycles. The third kappa shape index (κ3) is 2.23. The first-order valence-corrected chi connectivity index (χ1v) is 8.03. The van der Waals surface area contributed by atoms with Gasteiger partial charge in [0.15, 0.2) is 0 Å². The zero-order chi connectivity index (χ0) is 15.7. The molecule has 0 fully saturated rings. The molecule has 2 aromatic carbocycles. The Bertz CT molecular complexity index is 691. The summed E-state index contributed by atoms with van der Waals surface area (Å²) in [7, 11) is 0. The first kappa shape index (κ1) is 14.8. The number of rotatable bonds is 3. The van der Waals surface area contributed by atoms with Gasteiger partial charge in [0.05, 0.1) is 0 Å². The Morgan fingerprint density at radius 3 is 1.50 bits per heavy atom. The van der Waals surface area contributed by atoms with Crippen molar-refractivity contribution in [3.8, 4) is 0 Å². The van der Waals surface area contributed by atoms with Gasteiger partial charge in [0.2, 0.25) is 0 Å². The maximum atomic E-state index is 2.38. The molecular weight excluding hydrogens is 264 g/mol. The van der Waals surface area contributed by atoms with Gasteiger partial charge in [-0.05, 0) is 62.0 Å². The smallest absolute Gasteiger partial charge is 0.0391 e. The highest BCUT2D eigenvalue weighted by molar-refractivity contribution is 5.56. The van der Waals surface area contributed by atoms with Crippen molar-refractivity contribution in [2.75, 3.05) is 0 Å². The topological polar surface area (TPSA) is 0 Å². The van der Waals surface area contributed by atoms with Crippen molar-refractivity contribution < 1.29 is 0 Å². The molecule has 2 aromatic rings. The third-order valence-corrected chi connectivity index (χ3v) is 5.40. The van der Waals surface area contributed by atoms with Gasteiger partial charge < -0.3 is 0 Å². The van der Waals surface area contributed by atoms with E-state index in [1.54, 1.807) is 5.57 Å². The highest BCUT2D eigenvalue weighted by atomic mass is 14.4. The summed E-state index contributed by atoms with van der Waals surface area (Å²) < 4.78 is 0. The van der Waals surface area contributed by atoms with Crippen molar-refractivity contribution in [1.82, 2.24) is 0 Å². The SMILES string of the molecule is CC1=C(C)C(C)=C(C(C)(c2ccccc2)c2ccccc2)C1. The van der Waals surface area contributed by atoms with E-state index >= 15 is 0 Å². The van der Waals surface area contributed by atoms with Crippen LogP contribution in [-0.4, -0.2) is 0 Å². The Hall–Kier alpha value is -2.08. The molecule has 1 aliphatic rings.